The number of amides is 1. The van der Waals surface area contributed by atoms with Crippen molar-refractivity contribution in [2.45, 2.75) is 19.1 Å². The van der Waals surface area contributed by atoms with Gasteiger partial charge in [0.15, 0.2) is 6.61 Å². The molecule has 1 aliphatic rings. The van der Waals surface area contributed by atoms with Crippen LogP contribution in [-0.2, 0) is 23.9 Å². The molecular formula is C18H16F3NO2. The number of rotatable bonds is 3. The second-order valence-electron chi connectivity index (χ2n) is 5.65. The number of fused-ring (bicyclic) bond motifs is 1. The average molecular weight is 335 g/mol. The lowest BCUT2D eigenvalue weighted by Gasteiger charge is -2.28. The molecule has 0 atom stereocenters. The Kier molecular flexibility index (Phi) is 4.46. The maximum atomic E-state index is 12.7. The van der Waals surface area contributed by atoms with Crippen molar-refractivity contribution in [1.82, 2.24) is 4.90 Å². The Balaban J connectivity index is 1.61. The Hall–Kier alpha value is -2.50. The molecule has 0 saturated carbocycles. The lowest BCUT2D eigenvalue weighted by molar-refractivity contribution is -0.137. The van der Waals surface area contributed by atoms with Crippen LogP contribution < -0.4 is 4.74 Å². The topological polar surface area (TPSA) is 29.5 Å². The first kappa shape index (κ1) is 16.4. The molecule has 1 aliphatic heterocycles. The van der Waals surface area contributed by atoms with Crippen LogP contribution in [0, 0.1) is 0 Å². The molecule has 126 valence electrons. The molecule has 0 radical (unpaired) electrons. The van der Waals surface area contributed by atoms with Gasteiger partial charge in [-0.3, -0.25) is 4.79 Å². The van der Waals surface area contributed by atoms with E-state index in [1.54, 1.807) is 4.90 Å². The van der Waals surface area contributed by atoms with Gasteiger partial charge in [-0.05, 0) is 35.7 Å². The zero-order valence-electron chi connectivity index (χ0n) is 12.8. The van der Waals surface area contributed by atoms with Gasteiger partial charge in [0.1, 0.15) is 5.75 Å². The zero-order valence-corrected chi connectivity index (χ0v) is 12.8. The summed E-state index contributed by atoms with van der Waals surface area (Å²) in [4.78, 5) is 13.9. The summed E-state index contributed by atoms with van der Waals surface area (Å²) in [5.41, 5.74) is 1.52. The first-order chi connectivity index (χ1) is 11.4. The maximum absolute atomic E-state index is 12.7. The van der Waals surface area contributed by atoms with E-state index in [9.17, 15) is 18.0 Å². The summed E-state index contributed by atoms with van der Waals surface area (Å²) >= 11 is 0. The third kappa shape index (κ3) is 3.69. The van der Waals surface area contributed by atoms with Crippen molar-refractivity contribution < 1.29 is 22.7 Å². The van der Waals surface area contributed by atoms with Crippen molar-refractivity contribution in [3.63, 3.8) is 0 Å². The Morgan fingerprint density at radius 2 is 1.83 bits per heavy atom. The fourth-order valence-electron chi connectivity index (χ4n) is 2.71. The van der Waals surface area contributed by atoms with E-state index in [1.165, 1.54) is 17.7 Å². The summed E-state index contributed by atoms with van der Waals surface area (Å²) in [6.45, 7) is 0.812. The molecule has 0 unspecified atom stereocenters. The van der Waals surface area contributed by atoms with Gasteiger partial charge in [0.2, 0.25) is 0 Å². The molecule has 0 N–H and O–H groups in total. The first-order valence-electron chi connectivity index (χ1n) is 7.58. The Morgan fingerprint density at radius 3 is 2.58 bits per heavy atom. The van der Waals surface area contributed by atoms with Crippen LogP contribution in [0.2, 0.25) is 0 Å². The van der Waals surface area contributed by atoms with E-state index < -0.39 is 11.7 Å². The largest absolute Gasteiger partial charge is 0.484 e. The minimum Gasteiger partial charge on any atom is -0.484 e. The molecule has 2 aromatic carbocycles. The standard InChI is InChI=1S/C18H16F3NO2/c19-18(20,21)15-6-3-7-16(10-15)24-12-17(23)22-9-8-13-4-1-2-5-14(13)11-22/h1-7,10H,8-9,11-12H2. The lowest BCUT2D eigenvalue weighted by Crippen LogP contribution is -2.38. The summed E-state index contributed by atoms with van der Waals surface area (Å²) < 4.78 is 43.3. The highest BCUT2D eigenvalue weighted by Crippen LogP contribution is 2.31. The number of nitrogens with zero attached hydrogens (tertiary/aromatic N) is 1. The Bertz CT molecular complexity index is 743. The highest BCUT2D eigenvalue weighted by molar-refractivity contribution is 5.78. The summed E-state index contributed by atoms with van der Waals surface area (Å²) in [5, 5.41) is 0. The van der Waals surface area contributed by atoms with Crippen LogP contribution in [-0.4, -0.2) is 24.0 Å². The summed E-state index contributed by atoms with van der Waals surface area (Å²) in [7, 11) is 0. The van der Waals surface area contributed by atoms with E-state index in [0.29, 0.717) is 13.1 Å². The van der Waals surface area contributed by atoms with Gasteiger partial charge in [-0.2, -0.15) is 13.2 Å². The molecule has 1 heterocycles. The van der Waals surface area contributed by atoms with Crippen molar-refractivity contribution >= 4 is 5.91 Å². The number of carbonyl (C=O) groups excluding carboxylic acids is 1. The molecule has 3 rings (SSSR count). The number of hydrogen-bond acceptors (Lipinski definition) is 2. The maximum Gasteiger partial charge on any atom is 0.416 e. The molecule has 3 nitrogen and oxygen atoms in total. The third-order valence-electron chi connectivity index (χ3n) is 4.01. The van der Waals surface area contributed by atoms with Gasteiger partial charge in [0.05, 0.1) is 5.56 Å². The van der Waals surface area contributed by atoms with Gasteiger partial charge in [-0.15, -0.1) is 0 Å². The smallest absolute Gasteiger partial charge is 0.416 e. The van der Waals surface area contributed by atoms with Crippen molar-refractivity contribution in [3.05, 3.63) is 65.2 Å². The average Bonchev–Trinajstić information content (AvgIpc) is 2.59. The second kappa shape index (κ2) is 6.55. The summed E-state index contributed by atoms with van der Waals surface area (Å²) in [6, 6.07) is 12.4. The van der Waals surface area contributed by atoms with Crippen molar-refractivity contribution in [3.8, 4) is 5.75 Å². The molecule has 0 spiro atoms. The highest BCUT2D eigenvalue weighted by Gasteiger charge is 2.30. The van der Waals surface area contributed by atoms with E-state index in [-0.39, 0.29) is 18.3 Å². The van der Waals surface area contributed by atoms with Gasteiger partial charge in [-0.1, -0.05) is 30.3 Å². The lowest BCUT2D eigenvalue weighted by atomic mass is 10.00. The molecule has 24 heavy (non-hydrogen) atoms. The number of hydrogen-bond donors (Lipinski definition) is 0. The van der Waals surface area contributed by atoms with Crippen LogP contribution >= 0.6 is 0 Å². The van der Waals surface area contributed by atoms with E-state index in [4.69, 9.17) is 4.74 Å². The summed E-state index contributed by atoms with van der Waals surface area (Å²) in [5.74, 6) is -0.197. The number of halogens is 3. The highest BCUT2D eigenvalue weighted by atomic mass is 19.4. The second-order valence-corrected chi connectivity index (χ2v) is 5.65. The van der Waals surface area contributed by atoms with Crippen LogP contribution in [0.15, 0.2) is 48.5 Å². The molecule has 0 fully saturated rings. The molecule has 0 bridgehead atoms. The molecular weight excluding hydrogens is 319 g/mol. The van der Waals surface area contributed by atoms with Crippen LogP contribution in [0.1, 0.15) is 16.7 Å². The number of alkyl halides is 3. The van der Waals surface area contributed by atoms with E-state index in [2.05, 4.69) is 0 Å². The van der Waals surface area contributed by atoms with Crippen LogP contribution in [0.25, 0.3) is 0 Å². The normalized spacial score (nSPS) is 14.2. The van der Waals surface area contributed by atoms with Crippen molar-refractivity contribution in [2.24, 2.45) is 0 Å². The van der Waals surface area contributed by atoms with Crippen molar-refractivity contribution in [1.29, 1.82) is 0 Å². The van der Waals surface area contributed by atoms with Gasteiger partial charge < -0.3 is 9.64 Å². The third-order valence-corrected chi connectivity index (χ3v) is 4.01. The molecule has 0 saturated heterocycles. The zero-order chi connectivity index (χ0) is 17.2. The summed E-state index contributed by atoms with van der Waals surface area (Å²) in [6.07, 6.45) is -3.66. The Labute approximate surface area is 137 Å². The van der Waals surface area contributed by atoms with E-state index >= 15 is 0 Å². The fraction of sp³-hybridized carbons (Fsp3) is 0.278. The van der Waals surface area contributed by atoms with Crippen LogP contribution in [0.3, 0.4) is 0 Å². The number of benzene rings is 2. The SMILES string of the molecule is O=C(COc1cccc(C(F)(F)F)c1)N1CCc2ccccc2C1. The van der Waals surface area contributed by atoms with Gasteiger partial charge >= 0.3 is 6.18 Å². The van der Waals surface area contributed by atoms with Crippen LogP contribution in [0.4, 0.5) is 13.2 Å². The predicted octanol–water partition coefficient (Wildman–Crippen LogP) is 3.67. The number of ether oxygens (including phenoxy) is 1. The minimum atomic E-state index is -4.43. The fourth-order valence-corrected chi connectivity index (χ4v) is 2.71. The van der Waals surface area contributed by atoms with E-state index in [0.717, 1.165) is 24.1 Å². The molecule has 0 aliphatic carbocycles. The first-order valence-corrected chi connectivity index (χ1v) is 7.58. The minimum absolute atomic E-state index is 0.0376. The van der Waals surface area contributed by atoms with Crippen LogP contribution in [0.5, 0.6) is 5.75 Å². The molecule has 2 aromatic rings. The Morgan fingerprint density at radius 1 is 1.08 bits per heavy atom. The van der Waals surface area contributed by atoms with Gasteiger partial charge in [-0.25, -0.2) is 0 Å². The molecule has 0 aromatic heterocycles. The van der Waals surface area contributed by atoms with Gasteiger partial charge in [0.25, 0.3) is 5.91 Å². The monoisotopic (exact) mass is 335 g/mol. The van der Waals surface area contributed by atoms with Crippen molar-refractivity contribution in [2.75, 3.05) is 13.2 Å². The molecule has 1 amide bonds. The molecule has 6 heteroatoms. The van der Waals surface area contributed by atoms with E-state index in [1.807, 2.05) is 24.3 Å². The number of carbonyl (C=O) groups is 1. The quantitative estimate of drug-likeness (QED) is 0.856. The predicted molar refractivity (Wildman–Crippen MR) is 82.5 cm³/mol. The van der Waals surface area contributed by atoms with Gasteiger partial charge in [0, 0.05) is 13.1 Å².